The average Bonchev–Trinajstić information content (AvgIpc) is 2.33. The number of halogens is 3. The van der Waals surface area contributed by atoms with Gasteiger partial charge in [-0.3, -0.25) is 0 Å². The van der Waals surface area contributed by atoms with Gasteiger partial charge in [-0.2, -0.15) is 13.2 Å². The van der Waals surface area contributed by atoms with Gasteiger partial charge >= 0.3 is 12.3 Å². The predicted molar refractivity (Wildman–Crippen MR) is 69.6 cm³/mol. The Morgan fingerprint density at radius 2 is 1.90 bits per heavy atom. The van der Waals surface area contributed by atoms with Crippen molar-refractivity contribution in [2.24, 2.45) is 0 Å². The lowest BCUT2D eigenvalue weighted by molar-refractivity contribution is -0.137. The summed E-state index contributed by atoms with van der Waals surface area (Å²) in [7, 11) is 0. The Labute approximate surface area is 120 Å². The first-order valence-electron chi connectivity index (χ1n) is 6.15. The van der Waals surface area contributed by atoms with E-state index in [4.69, 9.17) is 4.74 Å². The number of hydrogen-bond donors (Lipinski definition) is 1. The molecule has 0 saturated carbocycles. The molecule has 1 N–H and O–H groups in total. The molecule has 1 unspecified atom stereocenters. The van der Waals surface area contributed by atoms with E-state index >= 15 is 0 Å². The number of amides is 1. The Kier molecular flexibility index (Phi) is 4.98. The van der Waals surface area contributed by atoms with Crippen molar-refractivity contribution in [1.82, 2.24) is 5.32 Å². The Balaban J connectivity index is 2.91. The number of alkyl halides is 3. The third-order valence-electron chi connectivity index (χ3n) is 2.38. The number of rotatable bonds is 3. The number of aldehydes is 1. The van der Waals surface area contributed by atoms with Crippen LogP contribution in [0.2, 0.25) is 0 Å². The fourth-order valence-corrected chi connectivity index (χ4v) is 1.54. The molecule has 4 nitrogen and oxygen atoms in total. The zero-order valence-corrected chi connectivity index (χ0v) is 11.8. The van der Waals surface area contributed by atoms with Crippen LogP contribution in [0.25, 0.3) is 0 Å². The summed E-state index contributed by atoms with van der Waals surface area (Å²) in [6.45, 7) is 4.90. The highest BCUT2D eigenvalue weighted by Crippen LogP contribution is 2.30. The summed E-state index contributed by atoms with van der Waals surface area (Å²) in [6, 6.07) is 2.99. The van der Waals surface area contributed by atoms with Crippen LogP contribution in [0.3, 0.4) is 0 Å². The second-order valence-corrected chi connectivity index (χ2v) is 5.38. The highest BCUT2D eigenvalue weighted by atomic mass is 19.4. The van der Waals surface area contributed by atoms with Crippen LogP contribution < -0.4 is 5.32 Å². The Morgan fingerprint density at radius 1 is 1.29 bits per heavy atom. The number of carbonyl (C=O) groups excluding carboxylic acids is 2. The topological polar surface area (TPSA) is 55.4 Å². The van der Waals surface area contributed by atoms with Gasteiger partial charge in [0.05, 0.1) is 5.56 Å². The molecule has 0 spiro atoms. The lowest BCUT2D eigenvalue weighted by atomic mass is 10.0. The molecule has 0 aromatic heterocycles. The van der Waals surface area contributed by atoms with Gasteiger partial charge in [0.1, 0.15) is 17.9 Å². The number of nitrogens with one attached hydrogen (secondary N) is 1. The van der Waals surface area contributed by atoms with Gasteiger partial charge in [-0.1, -0.05) is 12.1 Å². The van der Waals surface area contributed by atoms with Crippen LogP contribution in [-0.2, 0) is 15.7 Å². The van der Waals surface area contributed by atoms with E-state index in [0.29, 0.717) is 6.29 Å². The molecule has 0 bridgehead atoms. The fraction of sp³-hybridized carbons (Fsp3) is 0.429. The van der Waals surface area contributed by atoms with Crippen molar-refractivity contribution in [3.8, 4) is 0 Å². The largest absolute Gasteiger partial charge is 0.444 e. The predicted octanol–water partition coefficient (Wildman–Crippen LogP) is 3.47. The molecule has 0 fully saturated rings. The van der Waals surface area contributed by atoms with E-state index in [1.807, 2.05) is 0 Å². The van der Waals surface area contributed by atoms with Crippen molar-refractivity contribution in [1.29, 1.82) is 0 Å². The van der Waals surface area contributed by atoms with E-state index in [0.717, 1.165) is 12.1 Å². The average molecular weight is 303 g/mol. The van der Waals surface area contributed by atoms with Crippen LogP contribution in [0, 0.1) is 0 Å². The van der Waals surface area contributed by atoms with Gasteiger partial charge < -0.3 is 14.8 Å². The minimum atomic E-state index is -4.52. The molecule has 21 heavy (non-hydrogen) atoms. The van der Waals surface area contributed by atoms with Gasteiger partial charge in [0.25, 0.3) is 0 Å². The minimum Gasteiger partial charge on any atom is -0.444 e. The number of benzene rings is 1. The van der Waals surface area contributed by atoms with E-state index in [-0.39, 0.29) is 5.56 Å². The van der Waals surface area contributed by atoms with E-state index in [9.17, 15) is 22.8 Å². The van der Waals surface area contributed by atoms with Crippen LogP contribution in [0.5, 0.6) is 0 Å². The summed E-state index contributed by atoms with van der Waals surface area (Å²) < 4.78 is 42.8. The third kappa shape index (κ3) is 5.45. The summed E-state index contributed by atoms with van der Waals surface area (Å²) in [5.41, 5.74) is -1.63. The maximum atomic E-state index is 12.6. The first-order chi connectivity index (χ1) is 9.53. The van der Waals surface area contributed by atoms with Crippen LogP contribution >= 0.6 is 0 Å². The number of hydrogen-bond acceptors (Lipinski definition) is 3. The van der Waals surface area contributed by atoms with Crippen molar-refractivity contribution < 1.29 is 27.5 Å². The second-order valence-electron chi connectivity index (χ2n) is 5.38. The zero-order valence-electron chi connectivity index (χ0n) is 11.8. The zero-order chi connectivity index (χ0) is 16.3. The normalized spacial score (nSPS) is 13.4. The molecule has 0 aliphatic carbocycles. The lowest BCUT2D eigenvalue weighted by Crippen LogP contribution is -2.35. The number of alkyl carbamates (subject to hydrolysis) is 1. The molecule has 0 aliphatic heterocycles. The van der Waals surface area contributed by atoms with Crippen molar-refractivity contribution in [2.45, 2.75) is 38.6 Å². The molecule has 1 aromatic rings. The summed E-state index contributed by atoms with van der Waals surface area (Å²) in [5, 5.41) is 2.22. The Bertz CT molecular complexity index is 521. The van der Waals surface area contributed by atoms with Crippen molar-refractivity contribution in [2.75, 3.05) is 0 Å². The Morgan fingerprint density at radius 3 is 2.38 bits per heavy atom. The molecule has 0 saturated heterocycles. The molecule has 116 valence electrons. The second kappa shape index (κ2) is 6.15. The summed E-state index contributed by atoms with van der Waals surface area (Å²) >= 11 is 0. The molecule has 1 rings (SSSR count). The van der Waals surface area contributed by atoms with Crippen LogP contribution in [0.1, 0.15) is 37.9 Å². The SMILES string of the molecule is CC(C)(C)OC(=O)NC(C=O)c1cccc(C(F)(F)F)c1. The van der Waals surface area contributed by atoms with E-state index in [1.165, 1.54) is 12.1 Å². The molecule has 1 atom stereocenters. The van der Waals surface area contributed by atoms with Gasteiger partial charge in [0.15, 0.2) is 0 Å². The summed E-state index contributed by atoms with van der Waals surface area (Å²) in [6.07, 6.45) is -5.05. The smallest absolute Gasteiger partial charge is 0.416 e. The highest BCUT2D eigenvalue weighted by Gasteiger charge is 2.31. The van der Waals surface area contributed by atoms with Gasteiger partial charge in [-0.15, -0.1) is 0 Å². The van der Waals surface area contributed by atoms with Crippen molar-refractivity contribution in [3.63, 3.8) is 0 Å². The lowest BCUT2D eigenvalue weighted by Gasteiger charge is -2.22. The summed E-state index contributed by atoms with van der Waals surface area (Å²) in [4.78, 5) is 22.6. The minimum absolute atomic E-state index is 0.0330. The molecule has 1 amide bonds. The third-order valence-corrected chi connectivity index (χ3v) is 2.38. The molecule has 0 heterocycles. The molecule has 0 aliphatic rings. The standard InChI is InChI=1S/C14H16F3NO3/c1-13(2,3)21-12(20)18-11(8-19)9-5-4-6-10(7-9)14(15,16)17/h4-8,11H,1-3H3,(H,18,20). The number of carbonyl (C=O) groups is 2. The van der Waals surface area contributed by atoms with Gasteiger partial charge in [-0.25, -0.2) is 4.79 Å². The van der Waals surface area contributed by atoms with Gasteiger partial charge in [-0.05, 0) is 38.5 Å². The van der Waals surface area contributed by atoms with Crippen molar-refractivity contribution in [3.05, 3.63) is 35.4 Å². The monoisotopic (exact) mass is 303 g/mol. The molecular formula is C14H16F3NO3. The fourth-order valence-electron chi connectivity index (χ4n) is 1.54. The molecular weight excluding hydrogens is 287 g/mol. The van der Waals surface area contributed by atoms with Gasteiger partial charge in [0, 0.05) is 0 Å². The van der Waals surface area contributed by atoms with E-state index < -0.39 is 29.5 Å². The van der Waals surface area contributed by atoms with Gasteiger partial charge in [0.2, 0.25) is 0 Å². The van der Waals surface area contributed by atoms with Crippen LogP contribution in [0.4, 0.5) is 18.0 Å². The van der Waals surface area contributed by atoms with Crippen molar-refractivity contribution >= 4 is 12.4 Å². The number of ether oxygens (including phenoxy) is 1. The van der Waals surface area contributed by atoms with Crippen LogP contribution in [-0.4, -0.2) is 18.0 Å². The first kappa shape index (κ1) is 17.0. The summed E-state index contributed by atoms with van der Waals surface area (Å²) in [5.74, 6) is 0. The quantitative estimate of drug-likeness (QED) is 0.870. The first-order valence-corrected chi connectivity index (χ1v) is 6.15. The van der Waals surface area contributed by atoms with Crippen LogP contribution in [0.15, 0.2) is 24.3 Å². The van der Waals surface area contributed by atoms with E-state index in [2.05, 4.69) is 5.32 Å². The maximum absolute atomic E-state index is 12.6. The maximum Gasteiger partial charge on any atom is 0.416 e. The highest BCUT2D eigenvalue weighted by molar-refractivity contribution is 5.74. The Hall–Kier alpha value is -2.05. The van der Waals surface area contributed by atoms with E-state index in [1.54, 1.807) is 20.8 Å². The molecule has 7 heteroatoms. The molecule has 0 radical (unpaired) electrons. The molecule has 1 aromatic carbocycles.